The van der Waals surface area contributed by atoms with E-state index in [0.717, 1.165) is 18.8 Å². The van der Waals surface area contributed by atoms with Gasteiger partial charge in [-0.2, -0.15) is 5.10 Å². The number of hydrogen-bond acceptors (Lipinski definition) is 3. The van der Waals surface area contributed by atoms with Crippen LogP contribution in [0, 0.1) is 13.8 Å². The van der Waals surface area contributed by atoms with Crippen LogP contribution in [0.3, 0.4) is 0 Å². The Morgan fingerprint density at radius 2 is 2.13 bits per heavy atom. The van der Waals surface area contributed by atoms with Gasteiger partial charge in [0.25, 0.3) is 0 Å². The smallest absolute Gasteiger partial charge is 0.0641 e. The van der Waals surface area contributed by atoms with Crippen molar-refractivity contribution in [2.24, 2.45) is 0 Å². The van der Waals surface area contributed by atoms with Gasteiger partial charge in [-0.15, -0.1) is 0 Å². The van der Waals surface area contributed by atoms with E-state index in [2.05, 4.69) is 24.3 Å². The van der Waals surface area contributed by atoms with Crippen molar-refractivity contribution >= 4 is 0 Å². The van der Waals surface area contributed by atoms with E-state index in [0.29, 0.717) is 6.54 Å². The average Bonchev–Trinajstić information content (AvgIpc) is 2.44. The Morgan fingerprint density at radius 3 is 2.60 bits per heavy atom. The normalized spacial score (nSPS) is 13.1. The molecule has 0 aliphatic heterocycles. The Kier molecular flexibility index (Phi) is 4.29. The SMILES string of the molecule is CCn1nc(C)c(CNCC(C)O)c1C. The largest absolute Gasteiger partial charge is 0.392 e. The average molecular weight is 211 g/mol. The molecule has 0 saturated heterocycles. The first-order valence-electron chi connectivity index (χ1n) is 5.48. The monoisotopic (exact) mass is 211 g/mol. The van der Waals surface area contributed by atoms with E-state index < -0.39 is 0 Å². The lowest BCUT2D eigenvalue weighted by atomic mass is 10.2. The van der Waals surface area contributed by atoms with Crippen LogP contribution in [0.1, 0.15) is 30.8 Å². The van der Waals surface area contributed by atoms with Gasteiger partial charge < -0.3 is 10.4 Å². The van der Waals surface area contributed by atoms with Gasteiger partial charge in [0.1, 0.15) is 0 Å². The van der Waals surface area contributed by atoms with Gasteiger partial charge in [0.2, 0.25) is 0 Å². The summed E-state index contributed by atoms with van der Waals surface area (Å²) in [6.07, 6.45) is -0.299. The molecule has 4 heteroatoms. The molecule has 4 nitrogen and oxygen atoms in total. The fourth-order valence-corrected chi connectivity index (χ4v) is 1.70. The van der Waals surface area contributed by atoms with Gasteiger partial charge in [-0.25, -0.2) is 0 Å². The summed E-state index contributed by atoms with van der Waals surface area (Å²) in [5.74, 6) is 0. The molecule has 0 fully saturated rings. The Morgan fingerprint density at radius 1 is 1.47 bits per heavy atom. The van der Waals surface area contributed by atoms with Crippen LogP contribution in [0.4, 0.5) is 0 Å². The molecule has 15 heavy (non-hydrogen) atoms. The van der Waals surface area contributed by atoms with Crippen LogP contribution in [0.5, 0.6) is 0 Å². The molecule has 1 atom stereocenters. The summed E-state index contributed by atoms with van der Waals surface area (Å²) in [6.45, 7) is 10.3. The van der Waals surface area contributed by atoms with Crippen molar-refractivity contribution in [3.05, 3.63) is 17.0 Å². The minimum Gasteiger partial charge on any atom is -0.392 e. The van der Waals surface area contributed by atoms with Crippen molar-refractivity contribution < 1.29 is 5.11 Å². The number of aliphatic hydroxyl groups excluding tert-OH is 1. The summed E-state index contributed by atoms with van der Waals surface area (Å²) in [5.41, 5.74) is 3.54. The summed E-state index contributed by atoms with van der Waals surface area (Å²) in [6, 6.07) is 0. The minimum atomic E-state index is -0.299. The molecule has 0 aliphatic carbocycles. The molecule has 1 unspecified atom stereocenters. The highest BCUT2D eigenvalue weighted by atomic mass is 16.3. The van der Waals surface area contributed by atoms with Crippen LogP contribution >= 0.6 is 0 Å². The number of aryl methyl sites for hydroxylation is 2. The predicted molar refractivity (Wildman–Crippen MR) is 60.8 cm³/mol. The summed E-state index contributed by atoms with van der Waals surface area (Å²) in [7, 11) is 0. The Bertz CT molecular complexity index is 318. The number of aliphatic hydroxyl groups is 1. The topological polar surface area (TPSA) is 50.1 Å². The van der Waals surface area contributed by atoms with E-state index in [1.807, 2.05) is 11.6 Å². The summed E-state index contributed by atoms with van der Waals surface area (Å²) in [5, 5.41) is 16.8. The van der Waals surface area contributed by atoms with Crippen LogP contribution in [-0.2, 0) is 13.1 Å². The van der Waals surface area contributed by atoms with Crippen molar-refractivity contribution in [3.8, 4) is 0 Å². The van der Waals surface area contributed by atoms with Gasteiger partial charge in [0, 0.05) is 30.9 Å². The summed E-state index contributed by atoms with van der Waals surface area (Å²) < 4.78 is 2.01. The first kappa shape index (κ1) is 12.2. The zero-order chi connectivity index (χ0) is 11.4. The Balaban J connectivity index is 2.64. The third kappa shape index (κ3) is 3.04. The van der Waals surface area contributed by atoms with E-state index in [1.165, 1.54) is 11.3 Å². The predicted octanol–water partition coefficient (Wildman–Crippen LogP) is 0.990. The maximum Gasteiger partial charge on any atom is 0.0641 e. The molecular formula is C11H21N3O. The molecule has 0 aromatic carbocycles. The van der Waals surface area contributed by atoms with Gasteiger partial charge in [-0.3, -0.25) is 4.68 Å². The highest BCUT2D eigenvalue weighted by molar-refractivity contribution is 5.24. The second kappa shape index (κ2) is 5.28. The quantitative estimate of drug-likeness (QED) is 0.763. The van der Waals surface area contributed by atoms with E-state index in [9.17, 15) is 0 Å². The zero-order valence-electron chi connectivity index (χ0n) is 10.0. The summed E-state index contributed by atoms with van der Waals surface area (Å²) >= 11 is 0. The van der Waals surface area contributed by atoms with E-state index in [4.69, 9.17) is 5.11 Å². The number of nitrogens with one attached hydrogen (secondary N) is 1. The van der Waals surface area contributed by atoms with Crippen molar-refractivity contribution in [2.75, 3.05) is 6.54 Å². The van der Waals surface area contributed by atoms with Crippen LogP contribution in [0.15, 0.2) is 0 Å². The Labute approximate surface area is 91.3 Å². The maximum absolute atomic E-state index is 9.14. The van der Waals surface area contributed by atoms with Crippen LogP contribution in [0.2, 0.25) is 0 Å². The first-order valence-corrected chi connectivity index (χ1v) is 5.48. The number of nitrogens with zero attached hydrogens (tertiary/aromatic N) is 2. The Hall–Kier alpha value is -0.870. The van der Waals surface area contributed by atoms with Crippen molar-refractivity contribution in [1.29, 1.82) is 0 Å². The molecule has 0 bridgehead atoms. The molecule has 1 aromatic rings. The molecule has 86 valence electrons. The van der Waals surface area contributed by atoms with Crippen LogP contribution < -0.4 is 5.32 Å². The van der Waals surface area contributed by atoms with Gasteiger partial charge in [0.15, 0.2) is 0 Å². The lowest BCUT2D eigenvalue weighted by Crippen LogP contribution is -2.24. The summed E-state index contributed by atoms with van der Waals surface area (Å²) in [4.78, 5) is 0. The van der Waals surface area contributed by atoms with Crippen LogP contribution in [0.25, 0.3) is 0 Å². The minimum absolute atomic E-state index is 0.299. The fourth-order valence-electron chi connectivity index (χ4n) is 1.70. The molecule has 0 saturated carbocycles. The van der Waals surface area contributed by atoms with Gasteiger partial charge in [0.05, 0.1) is 11.8 Å². The molecular weight excluding hydrogens is 190 g/mol. The van der Waals surface area contributed by atoms with Gasteiger partial charge in [-0.1, -0.05) is 0 Å². The van der Waals surface area contributed by atoms with E-state index in [1.54, 1.807) is 6.92 Å². The number of aromatic nitrogens is 2. The molecule has 0 spiro atoms. The standard InChI is InChI=1S/C11H21N3O/c1-5-14-10(4)11(9(3)13-14)7-12-6-8(2)15/h8,12,15H,5-7H2,1-4H3. The van der Waals surface area contributed by atoms with Crippen molar-refractivity contribution in [3.63, 3.8) is 0 Å². The lowest BCUT2D eigenvalue weighted by Gasteiger charge is -2.07. The molecule has 1 rings (SSSR count). The van der Waals surface area contributed by atoms with E-state index >= 15 is 0 Å². The van der Waals surface area contributed by atoms with Crippen molar-refractivity contribution in [2.45, 2.75) is 46.9 Å². The van der Waals surface area contributed by atoms with Gasteiger partial charge in [-0.05, 0) is 27.7 Å². The number of hydrogen-bond donors (Lipinski definition) is 2. The second-order valence-electron chi connectivity index (χ2n) is 3.95. The number of rotatable bonds is 5. The molecule has 0 radical (unpaired) electrons. The molecule has 1 aromatic heterocycles. The third-order valence-corrected chi connectivity index (χ3v) is 2.57. The highest BCUT2D eigenvalue weighted by Crippen LogP contribution is 2.12. The second-order valence-corrected chi connectivity index (χ2v) is 3.95. The third-order valence-electron chi connectivity index (χ3n) is 2.57. The van der Waals surface area contributed by atoms with Gasteiger partial charge >= 0.3 is 0 Å². The van der Waals surface area contributed by atoms with Crippen LogP contribution in [-0.4, -0.2) is 27.5 Å². The highest BCUT2D eigenvalue weighted by Gasteiger charge is 2.09. The molecule has 2 N–H and O–H groups in total. The first-order chi connectivity index (χ1) is 7.06. The fraction of sp³-hybridized carbons (Fsp3) is 0.727. The molecule has 0 amide bonds. The maximum atomic E-state index is 9.14. The van der Waals surface area contributed by atoms with Crippen molar-refractivity contribution in [1.82, 2.24) is 15.1 Å². The lowest BCUT2D eigenvalue weighted by molar-refractivity contribution is 0.191. The molecule has 1 heterocycles. The zero-order valence-corrected chi connectivity index (χ0v) is 10.0. The van der Waals surface area contributed by atoms with E-state index in [-0.39, 0.29) is 6.10 Å². The molecule has 0 aliphatic rings.